The van der Waals surface area contributed by atoms with Crippen molar-refractivity contribution >= 4 is 47.0 Å². The molecule has 0 N–H and O–H groups in total. The Morgan fingerprint density at radius 3 is 2.22 bits per heavy atom. The van der Waals surface area contributed by atoms with Crippen LogP contribution in [0.25, 0.3) is 0 Å². The van der Waals surface area contributed by atoms with Crippen molar-refractivity contribution in [1.82, 2.24) is 0 Å². The highest BCUT2D eigenvalue weighted by Gasteiger charge is 2.19. The van der Waals surface area contributed by atoms with E-state index in [1.807, 2.05) is 30.3 Å². The third-order valence-corrected chi connectivity index (χ3v) is 2.26. The third kappa shape index (κ3) is 7.74. The Hall–Kier alpha value is -0.520. The van der Waals surface area contributed by atoms with Gasteiger partial charge in [0.2, 0.25) is 0 Å². The molecule has 1 atom stereocenters. The number of thiocarbonyl (C=S) groups is 1. The highest BCUT2D eigenvalue weighted by molar-refractivity contribution is 8.34. The maximum absolute atomic E-state index is 11.5. The fourth-order valence-corrected chi connectivity index (χ4v) is 1.54. The first-order chi connectivity index (χ1) is 8.52. The fourth-order valence-electron chi connectivity index (χ4n) is 1.54. The second kappa shape index (κ2) is 10.4. The SMILES string of the molecule is CCCC(C(=O)OC)c1ccccc1.S=C(S)S. The summed E-state index contributed by atoms with van der Waals surface area (Å²) >= 11 is 11.4. The van der Waals surface area contributed by atoms with Gasteiger partial charge in [-0.15, -0.1) is 25.3 Å². The largest absolute Gasteiger partial charge is 0.469 e. The van der Waals surface area contributed by atoms with Crippen LogP contribution in [0.4, 0.5) is 0 Å². The molecule has 0 heterocycles. The van der Waals surface area contributed by atoms with E-state index in [9.17, 15) is 4.79 Å². The summed E-state index contributed by atoms with van der Waals surface area (Å²) in [6, 6.07) is 9.78. The van der Waals surface area contributed by atoms with Crippen LogP contribution in [0.1, 0.15) is 31.2 Å². The van der Waals surface area contributed by atoms with Crippen molar-refractivity contribution in [1.29, 1.82) is 0 Å². The second-order valence-corrected chi connectivity index (χ2v) is 5.82. The lowest BCUT2D eigenvalue weighted by atomic mass is 9.95. The van der Waals surface area contributed by atoms with Crippen LogP contribution < -0.4 is 0 Å². The average molecular weight is 302 g/mol. The Morgan fingerprint density at radius 1 is 1.33 bits per heavy atom. The molecule has 0 aliphatic rings. The lowest BCUT2D eigenvalue weighted by Crippen LogP contribution is -2.13. The van der Waals surface area contributed by atoms with Gasteiger partial charge >= 0.3 is 5.97 Å². The smallest absolute Gasteiger partial charge is 0.313 e. The molecule has 2 nitrogen and oxygen atoms in total. The van der Waals surface area contributed by atoms with E-state index >= 15 is 0 Å². The van der Waals surface area contributed by atoms with Crippen molar-refractivity contribution in [2.45, 2.75) is 25.7 Å². The summed E-state index contributed by atoms with van der Waals surface area (Å²) in [5.74, 6) is -0.246. The number of esters is 1. The first kappa shape index (κ1) is 17.5. The summed E-state index contributed by atoms with van der Waals surface area (Å²) < 4.78 is 5.17. The first-order valence-electron chi connectivity index (χ1n) is 5.57. The van der Waals surface area contributed by atoms with Crippen molar-refractivity contribution in [2.75, 3.05) is 7.11 Å². The Balaban J connectivity index is 0.000000631. The first-order valence-corrected chi connectivity index (χ1v) is 6.87. The van der Waals surface area contributed by atoms with Crippen LogP contribution in [0.2, 0.25) is 0 Å². The Bertz CT molecular complexity index is 362. The van der Waals surface area contributed by atoms with Crippen molar-refractivity contribution < 1.29 is 9.53 Å². The number of hydrogen-bond acceptors (Lipinski definition) is 3. The van der Waals surface area contributed by atoms with Gasteiger partial charge in [-0.3, -0.25) is 4.79 Å². The molecule has 0 aliphatic carbocycles. The van der Waals surface area contributed by atoms with Crippen LogP contribution >= 0.6 is 37.5 Å². The zero-order chi connectivity index (χ0) is 14.0. The molecule has 1 unspecified atom stereocenters. The lowest BCUT2D eigenvalue weighted by Gasteiger charge is -2.13. The lowest BCUT2D eigenvalue weighted by molar-refractivity contribution is -0.142. The van der Waals surface area contributed by atoms with Crippen molar-refractivity contribution in [2.24, 2.45) is 0 Å². The number of thiol groups is 2. The van der Waals surface area contributed by atoms with Crippen LogP contribution in [-0.2, 0) is 9.53 Å². The zero-order valence-corrected chi connectivity index (χ0v) is 13.1. The molecule has 0 aliphatic heterocycles. The highest BCUT2D eigenvalue weighted by Crippen LogP contribution is 2.22. The summed E-state index contributed by atoms with van der Waals surface area (Å²) in [5.41, 5.74) is 1.04. The molecule has 0 radical (unpaired) electrons. The van der Waals surface area contributed by atoms with Crippen LogP contribution in [-0.4, -0.2) is 16.6 Å². The quantitative estimate of drug-likeness (QED) is 0.502. The van der Waals surface area contributed by atoms with Gasteiger partial charge in [-0.2, -0.15) is 0 Å². The van der Waals surface area contributed by atoms with Crippen LogP contribution in [0.3, 0.4) is 0 Å². The summed E-state index contributed by atoms with van der Waals surface area (Å²) in [4.78, 5) is 11.5. The number of carbonyl (C=O) groups is 1. The van der Waals surface area contributed by atoms with Gasteiger partial charge in [0.05, 0.1) is 16.6 Å². The van der Waals surface area contributed by atoms with Gasteiger partial charge < -0.3 is 4.74 Å². The van der Waals surface area contributed by atoms with Crippen molar-refractivity contribution in [3.05, 3.63) is 35.9 Å². The van der Waals surface area contributed by atoms with E-state index < -0.39 is 0 Å². The monoisotopic (exact) mass is 302 g/mol. The number of carbonyl (C=O) groups excluding carboxylic acids is 1. The molecule has 5 heteroatoms. The van der Waals surface area contributed by atoms with Crippen molar-refractivity contribution in [3.8, 4) is 0 Å². The van der Waals surface area contributed by atoms with E-state index in [1.165, 1.54) is 7.11 Å². The molecule has 18 heavy (non-hydrogen) atoms. The van der Waals surface area contributed by atoms with E-state index in [2.05, 4.69) is 44.4 Å². The van der Waals surface area contributed by atoms with Gasteiger partial charge in [0.1, 0.15) is 0 Å². The summed E-state index contributed by atoms with van der Waals surface area (Å²) in [5, 5.41) is 0. The molecule has 1 aromatic carbocycles. The van der Waals surface area contributed by atoms with Gasteiger partial charge in [0.15, 0.2) is 0 Å². The molecule has 1 rings (SSSR count). The average Bonchev–Trinajstić information content (AvgIpc) is 2.35. The maximum atomic E-state index is 11.5. The summed E-state index contributed by atoms with van der Waals surface area (Å²) in [6.45, 7) is 2.07. The van der Waals surface area contributed by atoms with E-state index in [1.54, 1.807) is 0 Å². The summed E-state index contributed by atoms with van der Waals surface area (Å²) in [6.07, 6.45) is 1.82. The molecule has 0 spiro atoms. The fraction of sp³-hybridized carbons (Fsp3) is 0.385. The molecule has 1 aromatic rings. The maximum Gasteiger partial charge on any atom is 0.313 e. The normalized spacial score (nSPS) is 10.9. The van der Waals surface area contributed by atoms with Gasteiger partial charge in [-0.05, 0) is 12.0 Å². The Morgan fingerprint density at radius 2 is 1.83 bits per heavy atom. The van der Waals surface area contributed by atoms with Crippen molar-refractivity contribution in [3.63, 3.8) is 0 Å². The van der Waals surface area contributed by atoms with E-state index in [-0.39, 0.29) is 11.9 Å². The standard InChI is InChI=1S/C12H16O2.CH2S3/c1-3-7-11(12(13)14-2)10-8-5-4-6-9-10;2-1(3)4/h4-6,8-9,11H,3,7H2,1-2H3;(H2,2,3,4). The number of hydrogen-bond donors (Lipinski definition) is 2. The number of methoxy groups -OCH3 is 1. The zero-order valence-electron chi connectivity index (χ0n) is 10.5. The molecule has 0 saturated heterocycles. The molecular weight excluding hydrogens is 284 g/mol. The van der Waals surface area contributed by atoms with Gasteiger partial charge in [-0.25, -0.2) is 0 Å². The van der Waals surface area contributed by atoms with Gasteiger partial charge in [0, 0.05) is 0 Å². The number of ether oxygens (including phenoxy) is 1. The highest BCUT2D eigenvalue weighted by atomic mass is 32.2. The minimum absolute atomic E-state index is 0.105. The minimum Gasteiger partial charge on any atom is -0.469 e. The Kier molecular flexibility index (Phi) is 10.1. The molecule has 0 saturated carbocycles. The van der Waals surface area contributed by atoms with Crippen LogP contribution in [0, 0.1) is 0 Å². The predicted molar refractivity (Wildman–Crippen MR) is 86.7 cm³/mol. The van der Waals surface area contributed by atoms with Gasteiger partial charge in [0.25, 0.3) is 0 Å². The number of benzene rings is 1. The van der Waals surface area contributed by atoms with E-state index in [4.69, 9.17) is 4.74 Å². The molecule has 0 amide bonds. The van der Waals surface area contributed by atoms with Gasteiger partial charge in [-0.1, -0.05) is 55.9 Å². The number of rotatable bonds is 4. The van der Waals surface area contributed by atoms with E-state index in [0.717, 1.165) is 18.4 Å². The van der Waals surface area contributed by atoms with Crippen LogP contribution in [0.15, 0.2) is 30.3 Å². The minimum atomic E-state index is -0.141. The topological polar surface area (TPSA) is 26.3 Å². The molecule has 100 valence electrons. The van der Waals surface area contributed by atoms with E-state index in [0.29, 0.717) is 3.53 Å². The molecular formula is C13H18O2S3. The molecule has 0 aromatic heterocycles. The Labute approximate surface area is 125 Å². The predicted octanol–water partition coefficient (Wildman–Crippen LogP) is 3.87. The third-order valence-electron chi connectivity index (χ3n) is 2.26. The molecule has 0 fully saturated rings. The molecule has 0 bridgehead atoms. The summed E-state index contributed by atoms with van der Waals surface area (Å²) in [7, 11) is 1.44. The van der Waals surface area contributed by atoms with Crippen LogP contribution in [0.5, 0.6) is 0 Å². The second-order valence-electron chi connectivity index (χ2n) is 3.56.